The molecule has 3 aromatic carbocycles. The minimum atomic E-state index is -0.158. The molecule has 0 aromatic heterocycles. The van der Waals surface area contributed by atoms with Crippen LogP contribution in [-0.4, -0.2) is 11.0 Å². The predicted molar refractivity (Wildman–Crippen MR) is 87.9 cm³/mol. The van der Waals surface area contributed by atoms with E-state index in [-0.39, 0.29) is 11.7 Å². The molecular weight excluding hydrogens is 274 g/mol. The molecule has 0 aliphatic heterocycles. The maximum atomic E-state index is 12.5. The molecule has 0 bridgehead atoms. The van der Waals surface area contributed by atoms with Crippen LogP contribution in [0.25, 0.3) is 11.1 Å². The molecule has 0 fully saturated rings. The molecule has 0 aliphatic carbocycles. The number of para-hydroxylation sites is 1. The third-order valence-corrected chi connectivity index (χ3v) is 3.38. The number of hydrogen-bond acceptors (Lipinski definition) is 2. The molecule has 3 nitrogen and oxygen atoms in total. The van der Waals surface area contributed by atoms with Crippen molar-refractivity contribution >= 4 is 11.6 Å². The van der Waals surface area contributed by atoms with Crippen LogP contribution >= 0.6 is 0 Å². The zero-order valence-corrected chi connectivity index (χ0v) is 11.9. The van der Waals surface area contributed by atoms with Gasteiger partial charge in [-0.1, -0.05) is 48.5 Å². The highest BCUT2D eigenvalue weighted by molar-refractivity contribution is 6.08. The van der Waals surface area contributed by atoms with Crippen LogP contribution in [-0.2, 0) is 0 Å². The van der Waals surface area contributed by atoms with E-state index in [4.69, 9.17) is 0 Å². The van der Waals surface area contributed by atoms with Crippen molar-refractivity contribution in [1.29, 1.82) is 0 Å². The molecule has 0 unspecified atom stereocenters. The zero-order chi connectivity index (χ0) is 15.4. The van der Waals surface area contributed by atoms with Crippen LogP contribution in [0.3, 0.4) is 0 Å². The lowest BCUT2D eigenvalue weighted by atomic mass is 9.99. The largest absolute Gasteiger partial charge is 0.508 e. The van der Waals surface area contributed by atoms with Gasteiger partial charge in [-0.25, -0.2) is 0 Å². The van der Waals surface area contributed by atoms with Gasteiger partial charge in [0, 0.05) is 11.3 Å². The van der Waals surface area contributed by atoms with E-state index >= 15 is 0 Å². The summed E-state index contributed by atoms with van der Waals surface area (Å²) >= 11 is 0. The van der Waals surface area contributed by atoms with Crippen LogP contribution in [0.4, 0.5) is 5.69 Å². The van der Waals surface area contributed by atoms with Gasteiger partial charge in [-0.05, 0) is 41.5 Å². The van der Waals surface area contributed by atoms with Crippen molar-refractivity contribution in [2.45, 2.75) is 0 Å². The van der Waals surface area contributed by atoms with Crippen molar-refractivity contribution in [3.05, 3.63) is 84.4 Å². The minimum absolute atomic E-state index is 0.158. The maximum Gasteiger partial charge on any atom is 0.256 e. The molecule has 0 saturated carbocycles. The van der Waals surface area contributed by atoms with Crippen LogP contribution in [0.15, 0.2) is 78.9 Å². The molecule has 22 heavy (non-hydrogen) atoms. The molecular formula is C19H15NO2. The van der Waals surface area contributed by atoms with Gasteiger partial charge in [0.05, 0.1) is 0 Å². The number of anilines is 1. The third-order valence-electron chi connectivity index (χ3n) is 3.38. The molecule has 3 aromatic rings. The van der Waals surface area contributed by atoms with Crippen molar-refractivity contribution in [2.75, 3.05) is 5.32 Å². The van der Waals surface area contributed by atoms with Crippen LogP contribution in [0.5, 0.6) is 5.75 Å². The second-order valence-electron chi connectivity index (χ2n) is 4.91. The monoisotopic (exact) mass is 289 g/mol. The Balaban J connectivity index is 1.94. The maximum absolute atomic E-state index is 12.5. The molecule has 0 heterocycles. The Kier molecular flexibility index (Phi) is 3.88. The molecule has 0 radical (unpaired) electrons. The number of nitrogens with one attached hydrogen (secondary N) is 1. The summed E-state index contributed by atoms with van der Waals surface area (Å²) in [5, 5.41) is 12.3. The highest BCUT2D eigenvalue weighted by Crippen LogP contribution is 2.26. The van der Waals surface area contributed by atoms with E-state index in [1.54, 1.807) is 30.3 Å². The first-order valence-corrected chi connectivity index (χ1v) is 6.99. The van der Waals surface area contributed by atoms with E-state index in [0.717, 1.165) is 16.8 Å². The lowest BCUT2D eigenvalue weighted by Crippen LogP contribution is -2.12. The average molecular weight is 289 g/mol. The molecule has 2 N–H and O–H groups in total. The summed E-state index contributed by atoms with van der Waals surface area (Å²) in [5.41, 5.74) is 3.07. The highest BCUT2D eigenvalue weighted by atomic mass is 16.3. The van der Waals surface area contributed by atoms with E-state index in [1.165, 1.54) is 0 Å². The Morgan fingerprint density at radius 2 is 1.41 bits per heavy atom. The normalized spacial score (nSPS) is 10.2. The van der Waals surface area contributed by atoms with E-state index in [2.05, 4.69) is 5.32 Å². The topological polar surface area (TPSA) is 49.3 Å². The third kappa shape index (κ3) is 2.99. The molecule has 108 valence electrons. The standard InChI is InChI=1S/C19H15NO2/c21-16-12-10-14(11-13-16)17-8-4-5-9-18(17)19(22)20-15-6-2-1-3-7-15/h1-13,21H,(H,20,22). The Hall–Kier alpha value is -3.07. The molecule has 0 aliphatic rings. The van der Waals surface area contributed by atoms with E-state index in [9.17, 15) is 9.90 Å². The summed E-state index contributed by atoms with van der Waals surface area (Å²) < 4.78 is 0. The number of rotatable bonds is 3. The Morgan fingerprint density at radius 3 is 2.14 bits per heavy atom. The van der Waals surface area contributed by atoms with Crippen molar-refractivity contribution in [3.63, 3.8) is 0 Å². The summed E-state index contributed by atoms with van der Waals surface area (Å²) in [6.07, 6.45) is 0. The first-order chi connectivity index (χ1) is 10.7. The van der Waals surface area contributed by atoms with Gasteiger partial charge in [0.25, 0.3) is 5.91 Å². The van der Waals surface area contributed by atoms with Gasteiger partial charge < -0.3 is 10.4 Å². The number of benzene rings is 3. The summed E-state index contributed by atoms with van der Waals surface area (Å²) in [5.74, 6) is 0.0462. The van der Waals surface area contributed by atoms with Gasteiger partial charge >= 0.3 is 0 Å². The zero-order valence-electron chi connectivity index (χ0n) is 11.9. The van der Waals surface area contributed by atoms with E-state index < -0.39 is 0 Å². The fourth-order valence-electron chi connectivity index (χ4n) is 2.29. The van der Waals surface area contributed by atoms with Gasteiger partial charge in [0.1, 0.15) is 5.75 Å². The van der Waals surface area contributed by atoms with Gasteiger partial charge in [0.15, 0.2) is 0 Å². The summed E-state index contributed by atoms with van der Waals surface area (Å²) in [4.78, 5) is 12.5. The smallest absolute Gasteiger partial charge is 0.256 e. The van der Waals surface area contributed by atoms with Crippen LogP contribution in [0.1, 0.15) is 10.4 Å². The van der Waals surface area contributed by atoms with Crippen LogP contribution < -0.4 is 5.32 Å². The van der Waals surface area contributed by atoms with Crippen molar-refractivity contribution in [2.24, 2.45) is 0 Å². The Morgan fingerprint density at radius 1 is 0.773 bits per heavy atom. The lowest BCUT2D eigenvalue weighted by Gasteiger charge is -2.10. The van der Waals surface area contributed by atoms with Gasteiger partial charge in [-0.15, -0.1) is 0 Å². The molecule has 0 spiro atoms. The SMILES string of the molecule is O=C(Nc1ccccc1)c1ccccc1-c1ccc(O)cc1. The summed E-state index contributed by atoms with van der Waals surface area (Å²) in [7, 11) is 0. The number of hydrogen-bond donors (Lipinski definition) is 2. The second kappa shape index (κ2) is 6.14. The Labute approximate surface area is 128 Å². The number of phenolic OH excluding ortho intramolecular Hbond substituents is 1. The average Bonchev–Trinajstić information content (AvgIpc) is 2.56. The fourth-order valence-corrected chi connectivity index (χ4v) is 2.29. The van der Waals surface area contributed by atoms with Crippen molar-refractivity contribution in [3.8, 4) is 16.9 Å². The second-order valence-corrected chi connectivity index (χ2v) is 4.91. The molecule has 0 saturated heterocycles. The number of aromatic hydroxyl groups is 1. The Bertz CT molecular complexity index is 780. The van der Waals surface area contributed by atoms with Crippen molar-refractivity contribution < 1.29 is 9.90 Å². The first kappa shape index (κ1) is 13.9. The number of phenols is 1. The van der Waals surface area contributed by atoms with E-state index in [0.29, 0.717) is 5.56 Å². The van der Waals surface area contributed by atoms with Gasteiger partial charge in [0.2, 0.25) is 0 Å². The fraction of sp³-hybridized carbons (Fsp3) is 0. The molecule has 0 atom stereocenters. The quantitative estimate of drug-likeness (QED) is 0.754. The van der Waals surface area contributed by atoms with Crippen molar-refractivity contribution in [1.82, 2.24) is 0 Å². The van der Waals surface area contributed by atoms with Gasteiger partial charge in [-0.3, -0.25) is 4.79 Å². The van der Waals surface area contributed by atoms with Crippen LogP contribution in [0.2, 0.25) is 0 Å². The number of carbonyl (C=O) groups excluding carboxylic acids is 1. The van der Waals surface area contributed by atoms with Gasteiger partial charge in [-0.2, -0.15) is 0 Å². The number of carbonyl (C=O) groups is 1. The minimum Gasteiger partial charge on any atom is -0.508 e. The first-order valence-electron chi connectivity index (χ1n) is 6.99. The summed E-state index contributed by atoms with van der Waals surface area (Å²) in [6, 6.07) is 23.6. The molecule has 3 heteroatoms. The van der Waals surface area contributed by atoms with E-state index in [1.807, 2.05) is 48.5 Å². The molecule has 3 rings (SSSR count). The number of amides is 1. The predicted octanol–water partition coefficient (Wildman–Crippen LogP) is 4.31. The molecule has 1 amide bonds. The summed E-state index contributed by atoms with van der Waals surface area (Å²) in [6.45, 7) is 0. The highest BCUT2D eigenvalue weighted by Gasteiger charge is 2.12. The van der Waals surface area contributed by atoms with Crippen LogP contribution in [0, 0.1) is 0 Å². The lowest BCUT2D eigenvalue weighted by molar-refractivity contribution is 0.102.